The Bertz CT molecular complexity index is 355. The van der Waals surface area contributed by atoms with Gasteiger partial charge in [0.05, 0.1) is 0 Å². The first-order chi connectivity index (χ1) is 16.8. The van der Waals surface area contributed by atoms with Gasteiger partial charge in [-0.1, -0.05) is 173 Å². The van der Waals surface area contributed by atoms with Gasteiger partial charge in [-0.15, -0.1) is 0 Å². The summed E-state index contributed by atoms with van der Waals surface area (Å²) in [5, 5.41) is 0. The molecule has 0 bridgehead atoms. The predicted molar refractivity (Wildman–Crippen MR) is 167 cm³/mol. The molecule has 0 heterocycles. The lowest BCUT2D eigenvalue weighted by atomic mass is 10.0. The van der Waals surface area contributed by atoms with Crippen molar-refractivity contribution in [2.75, 3.05) is 5.75 Å². The maximum atomic E-state index is 5.90. The van der Waals surface area contributed by atoms with Crippen LogP contribution in [0.4, 0.5) is 0 Å². The van der Waals surface area contributed by atoms with Gasteiger partial charge in [-0.3, -0.25) is 0 Å². The van der Waals surface area contributed by atoms with Gasteiger partial charge in [-0.25, -0.2) is 0 Å². The number of hydrogen-bond donors (Lipinski definition) is 1. The van der Waals surface area contributed by atoms with Crippen LogP contribution in [0.3, 0.4) is 0 Å². The number of halogens is 2. The molecule has 34 heavy (non-hydrogen) atoms. The summed E-state index contributed by atoms with van der Waals surface area (Å²) in [5.41, 5.74) is 0. The van der Waals surface area contributed by atoms with E-state index in [2.05, 4.69) is 12.6 Å². The largest absolute Gasteiger partial charge is 0.237 e. The van der Waals surface area contributed by atoms with Crippen LogP contribution < -0.4 is 0 Å². The van der Waals surface area contributed by atoms with E-state index >= 15 is 0 Å². The molecule has 0 spiro atoms. The average molecular weight is 554 g/mol. The number of unbranched alkanes of at least 4 members (excludes halogenated alkanes) is 27. The molecule has 0 aliphatic carbocycles. The molecule has 0 radical (unpaired) electrons. The molecule has 4 heteroatoms. The minimum atomic E-state index is -1.33. The summed E-state index contributed by atoms with van der Waals surface area (Å²) in [7, 11) is -1.33. The Balaban J connectivity index is 3.00. The van der Waals surface area contributed by atoms with Crippen molar-refractivity contribution in [2.45, 2.75) is 186 Å². The van der Waals surface area contributed by atoms with E-state index in [-0.39, 0.29) is 0 Å². The zero-order valence-corrected chi connectivity index (χ0v) is 26.6. The van der Waals surface area contributed by atoms with Crippen molar-refractivity contribution in [2.24, 2.45) is 0 Å². The zero-order chi connectivity index (χ0) is 24.8. The van der Waals surface area contributed by atoms with Gasteiger partial charge in [-0.05, 0) is 18.2 Å². The third-order valence-corrected chi connectivity index (χ3v) is 9.80. The van der Waals surface area contributed by atoms with Crippen LogP contribution >= 0.6 is 34.8 Å². The fourth-order valence-electron chi connectivity index (χ4n) is 5.01. The first-order valence-corrected chi connectivity index (χ1v) is 20.6. The summed E-state index contributed by atoms with van der Waals surface area (Å²) < 4.78 is 0. The lowest BCUT2D eigenvalue weighted by molar-refractivity contribution is 0.514. The lowest BCUT2D eigenvalue weighted by Gasteiger charge is -2.04. The Hall–Kier alpha value is 1.15. The van der Waals surface area contributed by atoms with Crippen molar-refractivity contribution in [1.82, 2.24) is 0 Å². The van der Waals surface area contributed by atoms with Gasteiger partial charge >= 0.3 is 0 Å². The van der Waals surface area contributed by atoms with E-state index in [1.807, 2.05) is 0 Å². The molecule has 0 fully saturated rings. The maximum Gasteiger partial charge on any atom is 0.237 e. The fraction of sp³-hybridized carbons (Fsp3) is 1.00. The molecule has 0 N–H and O–H groups in total. The second kappa shape index (κ2) is 32.2. The molecular weight excluding hydrogens is 491 g/mol. The van der Waals surface area contributed by atoms with Gasteiger partial charge in [-0.2, -0.15) is 34.8 Å². The van der Waals surface area contributed by atoms with Gasteiger partial charge in [0.25, 0.3) is 0 Å². The summed E-state index contributed by atoms with van der Waals surface area (Å²) in [5.74, 6) is 1.07. The Kier molecular flexibility index (Phi) is 33.3. The number of thiol groups is 1. The first-order valence-electron chi connectivity index (χ1n) is 15.7. The van der Waals surface area contributed by atoms with Gasteiger partial charge in [0.2, 0.25) is 7.42 Å². The topological polar surface area (TPSA) is 0 Å². The van der Waals surface area contributed by atoms with E-state index in [9.17, 15) is 0 Å². The second-order valence-electron chi connectivity index (χ2n) is 10.8. The molecule has 0 aliphatic heterocycles. The summed E-state index contributed by atoms with van der Waals surface area (Å²) in [4.78, 5) is 0. The highest BCUT2D eigenvalue weighted by atomic mass is 35.7. The summed E-state index contributed by atoms with van der Waals surface area (Å²) in [6.07, 6.45) is 40.3. The van der Waals surface area contributed by atoms with E-state index < -0.39 is 7.42 Å². The maximum absolute atomic E-state index is 5.90. The van der Waals surface area contributed by atoms with Gasteiger partial charge in [0.15, 0.2) is 0 Å². The predicted octanol–water partition coefficient (Wildman–Crippen LogP) is 12.5. The monoisotopic (exact) mass is 552 g/mol. The van der Waals surface area contributed by atoms with Gasteiger partial charge in [0.1, 0.15) is 0 Å². The second-order valence-corrected chi connectivity index (χ2v) is 16.4. The molecule has 0 aromatic heterocycles. The summed E-state index contributed by atoms with van der Waals surface area (Å²) in [6.45, 7) is 0. The third kappa shape index (κ3) is 33.1. The van der Waals surface area contributed by atoms with Crippen LogP contribution in [0.1, 0.15) is 180 Å². The van der Waals surface area contributed by atoms with Crippen LogP contribution in [-0.4, -0.2) is 13.2 Å². The van der Waals surface area contributed by atoms with E-state index in [0.717, 1.165) is 11.8 Å². The Labute approximate surface area is 232 Å². The minimum absolute atomic E-state index is 1.07. The minimum Gasteiger partial charge on any atom is -0.179 e. The van der Waals surface area contributed by atoms with Crippen LogP contribution in [0, 0.1) is 0 Å². The number of rotatable bonds is 30. The molecule has 0 atom stereocenters. The molecule has 206 valence electrons. The van der Waals surface area contributed by atoms with Crippen LogP contribution in [0.25, 0.3) is 0 Å². The molecular formula is C30H62Cl2SSi. The fourth-order valence-corrected chi connectivity index (χ4v) is 6.75. The smallest absolute Gasteiger partial charge is 0.179 e. The van der Waals surface area contributed by atoms with Crippen LogP contribution in [0.5, 0.6) is 0 Å². The molecule has 0 aliphatic rings. The summed E-state index contributed by atoms with van der Waals surface area (Å²) >= 11 is 16.1. The normalized spacial score (nSPS) is 11.6. The quantitative estimate of drug-likeness (QED) is 0.0389. The molecule has 0 saturated heterocycles. The zero-order valence-electron chi connectivity index (χ0n) is 23.0. The van der Waals surface area contributed by atoms with Crippen LogP contribution in [-0.2, 0) is 0 Å². The first kappa shape index (κ1) is 35.1. The third-order valence-electron chi connectivity index (χ3n) is 7.33. The van der Waals surface area contributed by atoms with Crippen LogP contribution in [0.15, 0.2) is 0 Å². The highest BCUT2D eigenvalue weighted by Crippen LogP contribution is 2.17. The van der Waals surface area contributed by atoms with E-state index in [1.165, 1.54) is 180 Å². The highest BCUT2D eigenvalue weighted by molar-refractivity contribution is 7.80. The highest BCUT2D eigenvalue weighted by Gasteiger charge is 2.00. The molecule has 0 nitrogen and oxygen atoms in total. The van der Waals surface area contributed by atoms with Crippen molar-refractivity contribution in [3.63, 3.8) is 0 Å². The van der Waals surface area contributed by atoms with Crippen molar-refractivity contribution in [3.8, 4) is 0 Å². The molecule has 0 unspecified atom stereocenters. The standard InChI is InChI=1S/C30H62Cl2SSi/c31-34(32)30-28-26-24-22-20-18-16-14-12-10-8-6-4-2-1-3-5-7-9-11-13-15-17-19-21-23-25-27-29-33/h33-34H,1-30H2. The van der Waals surface area contributed by atoms with Crippen LogP contribution in [0.2, 0.25) is 6.04 Å². The van der Waals surface area contributed by atoms with Crippen molar-refractivity contribution in [1.29, 1.82) is 0 Å². The van der Waals surface area contributed by atoms with Crippen molar-refractivity contribution >= 4 is 42.2 Å². The molecule has 0 aromatic rings. The molecule has 0 saturated carbocycles. The van der Waals surface area contributed by atoms with Crippen molar-refractivity contribution < 1.29 is 0 Å². The molecule has 0 rings (SSSR count). The lowest BCUT2D eigenvalue weighted by Crippen LogP contribution is -1.91. The molecule has 0 aromatic carbocycles. The van der Waals surface area contributed by atoms with Gasteiger partial charge < -0.3 is 0 Å². The number of hydrogen-bond acceptors (Lipinski definition) is 1. The SMILES string of the molecule is SCCCCCCCCCCCCCCCCCCCCCCCCCCCCCC[SiH](Cl)Cl. The van der Waals surface area contributed by atoms with E-state index in [1.54, 1.807) is 0 Å². The molecule has 0 amide bonds. The Morgan fingerprint density at radius 2 is 0.471 bits per heavy atom. The van der Waals surface area contributed by atoms with Crippen molar-refractivity contribution in [3.05, 3.63) is 0 Å². The van der Waals surface area contributed by atoms with Gasteiger partial charge in [0, 0.05) is 0 Å². The average Bonchev–Trinajstić information content (AvgIpc) is 2.83. The van der Waals surface area contributed by atoms with E-state index in [0.29, 0.717) is 0 Å². The Morgan fingerprint density at radius 1 is 0.294 bits per heavy atom. The Morgan fingerprint density at radius 3 is 0.647 bits per heavy atom. The summed E-state index contributed by atoms with van der Waals surface area (Å²) in [6, 6.07) is 1.10. The van der Waals surface area contributed by atoms with E-state index in [4.69, 9.17) is 22.2 Å².